The molecule has 0 saturated carbocycles. The first kappa shape index (κ1) is 23.0. The number of aryl methyl sites for hydroxylation is 1. The predicted molar refractivity (Wildman–Crippen MR) is 147 cm³/mol. The van der Waals surface area contributed by atoms with Crippen molar-refractivity contribution in [2.75, 3.05) is 5.32 Å². The maximum atomic E-state index is 14.0. The highest BCUT2D eigenvalue weighted by atomic mass is 35.5. The number of carbonyl (C=O) groups is 1. The molecule has 5 aromatic rings. The second-order valence-corrected chi connectivity index (χ2v) is 9.58. The van der Waals surface area contributed by atoms with Crippen LogP contribution in [0, 0.1) is 6.92 Å². The SMILES string of the molecule is C/C(Nc1ccc(Cl)cc1)=C1/C(=O)c2c(c3c(C)nn(-c4ccccc4)c3[nH]c2=O)C1c1ccccc1. The van der Waals surface area contributed by atoms with Gasteiger partial charge in [0.05, 0.1) is 16.9 Å². The molecule has 6 nitrogen and oxygen atoms in total. The summed E-state index contributed by atoms with van der Waals surface area (Å²) in [4.78, 5) is 30.4. The van der Waals surface area contributed by atoms with Crippen LogP contribution >= 0.6 is 11.6 Å². The first-order valence-electron chi connectivity index (χ1n) is 12.0. The number of nitrogens with one attached hydrogen (secondary N) is 2. The highest BCUT2D eigenvalue weighted by molar-refractivity contribution is 6.30. The van der Waals surface area contributed by atoms with Gasteiger partial charge in [-0.05, 0) is 61.4 Å². The first-order chi connectivity index (χ1) is 17.9. The van der Waals surface area contributed by atoms with Crippen molar-refractivity contribution in [2.24, 2.45) is 0 Å². The standard InChI is InChI=1S/C30H23ClN4O2/c1-17(32-21-15-13-20(31)14-16-21)23-25(19-9-5-3-6-10-19)26-24-18(2)34-35(22-11-7-4-8-12-22)29(24)33-30(37)27(26)28(23)36/h3-16,25,32H,1-2H3,(H,33,37)/b23-17-. The number of para-hydroxylation sites is 1. The van der Waals surface area contributed by atoms with Crippen LogP contribution in [0.3, 0.4) is 0 Å². The number of hydrogen-bond acceptors (Lipinski definition) is 4. The number of aromatic nitrogens is 3. The van der Waals surface area contributed by atoms with Crippen LogP contribution < -0.4 is 10.9 Å². The fourth-order valence-corrected chi connectivity index (χ4v) is 5.37. The fourth-order valence-electron chi connectivity index (χ4n) is 5.25. The van der Waals surface area contributed by atoms with E-state index in [0.29, 0.717) is 27.5 Å². The Labute approximate surface area is 218 Å². The molecule has 7 heteroatoms. The van der Waals surface area contributed by atoms with Crippen molar-refractivity contribution in [3.05, 3.63) is 134 Å². The molecule has 2 heterocycles. The van der Waals surface area contributed by atoms with E-state index in [9.17, 15) is 9.59 Å². The smallest absolute Gasteiger partial charge is 0.261 e. The molecule has 2 N–H and O–H groups in total. The van der Waals surface area contributed by atoms with Gasteiger partial charge in [0, 0.05) is 33.3 Å². The van der Waals surface area contributed by atoms with Crippen LogP contribution in [0.25, 0.3) is 16.7 Å². The number of anilines is 1. The molecule has 2 aromatic heterocycles. The number of fused-ring (bicyclic) bond motifs is 3. The Morgan fingerprint density at radius 2 is 1.59 bits per heavy atom. The van der Waals surface area contributed by atoms with E-state index in [2.05, 4.69) is 10.3 Å². The van der Waals surface area contributed by atoms with Crippen molar-refractivity contribution in [3.63, 3.8) is 0 Å². The molecule has 0 fully saturated rings. The van der Waals surface area contributed by atoms with Crippen LogP contribution in [0.4, 0.5) is 5.69 Å². The Morgan fingerprint density at radius 3 is 2.27 bits per heavy atom. The molecule has 1 atom stereocenters. The van der Waals surface area contributed by atoms with Crippen molar-refractivity contribution in [1.82, 2.24) is 14.8 Å². The van der Waals surface area contributed by atoms with E-state index in [-0.39, 0.29) is 11.3 Å². The molecule has 6 rings (SSSR count). The van der Waals surface area contributed by atoms with E-state index < -0.39 is 11.5 Å². The second-order valence-electron chi connectivity index (χ2n) is 9.14. The molecule has 1 aliphatic rings. The summed E-state index contributed by atoms with van der Waals surface area (Å²) in [6.45, 7) is 3.78. The van der Waals surface area contributed by atoms with E-state index in [1.165, 1.54) is 0 Å². The number of benzene rings is 3. The summed E-state index contributed by atoms with van der Waals surface area (Å²) >= 11 is 6.06. The average Bonchev–Trinajstić information content (AvgIpc) is 3.40. The minimum atomic E-state index is -0.430. The number of halogens is 1. The number of pyridine rings is 1. The Morgan fingerprint density at radius 1 is 0.946 bits per heavy atom. The molecule has 3 aromatic carbocycles. The Hall–Kier alpha value is -4.42. The number of carbonyl (C=O) groups excluding carboxylic acids is 1. The van der Waals surface area contributed by atoms with Gasteiger partial charge in [0.2, 0.25) is 0 Å². The normalized spacial score (nSPS) is 16.2. The number of nitrogens with zero attached hydrogens (tertiary/aromatic N) is 2. The van der Waals surface area contributed by atoms with Gasteiger partial charge in [0.15, 0.2) is 5.78 Å². The van der Waals surface area contributed by atoms with Gasteiger partial charge in [0.25, 0.3) is 5.56 Å². The molecule has 1 aliphatic carbocycles. The van der Waals surface area contributed by atoms with Gasteiger partial charge in [-0.3, -0.25) is 9.59 Å². The molecule has 37 heavy (non-hydrogen) atoms. The van der Waals surface area contributed by atoms with Crippen LogP contribution in [0.1, 0.15) is 40.0 Å². The molecular weight excluding hydrogens is 484 g/mol. The molecule has 0 spiro atoms. The number of H-pyrrole nitrogens is 1. The van der Waals surface area contributed by atoms with E-state index >= 15 is 0 Å². The summed E-state index contributed by atoms with van der Waals surface area (Å²) in [6.07, 6.45) is 0. The number of hydrogen-bond donors (Lipinski definition) is 2. The molecule has 0 amide bonds. The van der Waals surface area contributed by atoms with Gasteiger partial charge in [0.1, 0.15) is 5.65 Å². The van der Waals surface area contributed by atoms with E-state index in [0.717, 1.165) is 28.0 Å². The third-order valence-electron chi connectivity index (χ3n) is 6.82. The number of aromatic amines is 1. The van der Waals surface area contributed by atoms with E-state index in [4.69, 9.17) is 16.7 Å². The summed E-state index contributed by atoms with van der Waals surface area (Å²) in [5, 5.41) is 9.54. The zero-order valence-electron chi connectivity index (χ0n) is 20.2. The number of rotatable bonds is 4. The summed E-state index contributed by atoms with van der Waals surface area (Å²) < 4.78 is 1.74. The lowest BCUT2D eigenvalue weighted by atomic mass is 9.87. The highest BCUT2D eigenvalue weighted by Gasteiger charge is 2.42. The fraction of sp³-hybridized carbons (Fsp3) is 0.100. The van der Waals surface area contributed by atoms with Crippen LogP contribution in [0.15, 0.2) is 101 Å². The number of Topliss-reactive ketones (excluding diaryl/α,β-unsaturated/α-hetero) is 1. The van der Waals surface area contributed by atoms with Gasteiger partial charge in [-0.25, -0.2) is 4.68 Å². The Kier molecular flexibility index (Phi) is 5.54. The largest absolute Gasteiger partial charge is 0.359 e. The third-order valence-corrected chi connectivity index (χ3v) is 7.07. The lowest BCUT2D eigenvalue weighted by Crippen LogP contribution is -2.18. The quantitative estimate of drug-likeness (QED) is 0.277. The molecule has 182 valence electrons. The highest BCUT2D eigenvalue weighted by Crippen LogP contribution is 2.46. The van der Waals surface area contributed by atoms with Crippen LogP contribution in [0.5, 0.6) is 0 Å². The zero-order chi connectivity index (χ0) is 25.7. The lowest BCUT2D eigenvalue weighted by Gasteiger charge is -2.18. The maximum Gasteiger partial charge on any atom is 0.261 e. The van der Waals surface area contributed by atoms with Crippen molar-refractivity contribution in [3.8, 4) is 5.69 Å². The molecule has 0 bridgehead atoms. The second kappa shape index (κ2) is 8.91. The molecular formula is C30H23ClN4O2. The van der Waals surface area contributed by atoms with Crippen molar-refractivity contribution >= 4 is 34.1 Å². The lowest BCUT2D eigenvalue weighted by molar-refractivity contribution is 0.103. The van der Waals surface area contributed by atoms with Gasteiger partial charge < -0.3 is 10.3 Å². The van der Waals surface area contributed by atoms with Crippen molar-refractivity contribution < 1.29 is 4.79 Å². The van der Waals surface area contributed by atoms with Crippen LogP contribution in [-0.2, 0) is 0 Å². The van der Waals surface area contributed by atoms with Crippen molar-refractivity contribution in [1.29, 1.82) is 0 Å². The molecule has 1 unspecified atom stereocenters. The number of allylic oxidation sites excluding steroid dienone is 2. The maximum absolute atomic E-state index is 14.0. The van der Waals surface area contributed by atoms with E-state index in [1.54, 1.807) is 16.8 Å². The minimum absolute atomic E-state index is 0.171. The van der Waals surface area contributed by atoms with E-state index in [1.807, 2.05) is 86.6 Å². The molecule has 0 saturated heterocycles. The van der Waals surface area contributed by atoms with Gasteiger partial charge in [-0.1, -0.05) is 60.1 Å². The Bertz CT molecular complexity index is 1750. The van der Waals surface area contributed by atoms with Crippen LogP contribution in [-0.4, -0.2) is 20.5 Å². The summed E-state index contributed by atoms with van der Waals surface area (Å²) in [5.41, 5.74) is 5.55. The van der Waals surface area contributed by atoms with Crippen molar-refractivity contribution in [2.45, 2.75) is 19.8 Å². The average molecular weight is 507 g/mol. The summed E-state index contributed by atoms with van der Waals surface area (Å²) in [5.74, 6) is -0.710. The molecule has 0 aliphatic heterocycles. The molecule has 0 radical (unpaired) electrons. The van der Waals surface area contributed by atoms with Gasteiger partial charge >= 0.3 is 0 Å². The summed E-state index contributed by atoms with van der Waals surface area (Å²) in [6, 6.07) is 26.8. The first-order valence-corrected chi connectivity index (χ1v) is 12.4. The topological polar surface area (TPSA) is 79.8 Å². The minimum Gasteiger partial charge on any atom is -0.359 e. The summed E-state index contributed by atoms with van der Waals surface area (Å²) in [7, 11) is 0. The zero-order valence-corrected chi connectivity index (χ0v) is 21.0. The van der Waals surface area contributed by atoms with Gasteiger partial charge in [-0.15, -0.1) is 0 Å². The van der Waals surface area contributed by atoms with Gasteiger partial charge in [-0.2, -0.15) is 5.10 Å². The third kappa shape index (κ3) is 3.77. The monoisotopic (exact) mass is 506 g/mol. The van der Waals surface area contributed by atoms with Crippen LogP contribution in [0.2, 0.25) is 5.02 Å². The number of ketones is 1. The Balaban J connectivity index is 1.63. The predicted octanol–water partition coefficient (Wildman–Crippen LogP) is 6.39.